The highest BCUT2D eigenvalue weighted by Gasteiger charge is 2.14. The number of methoxy groups -OCH3 is 1. The second-order valence-corrected chi connectivity index (χ2v) is 9.41. The average molecular weight is 556 g/mol. The number of para-hydroxylation sites is 1. The molecule has 0 aliphatic rings. The third-order valence-electron chi connectivity index (χ3n) is 4.50. The van der Waals surface area contributed by atoms with Gasteiger partial charge in [-0.25, -0.2) is 4.98 Å². The van der Waals surface area contributed by atoms with Gasteiger partial charge in [0.1, 0.15) is 17.7 Å². The zero-order chi connectivity index (χ0) is 21.8. The highest BCUT2D eigenvalue weighted by atomic mass is 79.9. The van der Waals surface area contributed by atoms with Gasteiger partial charge in [0, 0.05) is 4.47 Å². The van der Waals surface area contributed by atoms with Gasteiger partial charge in [0.2, 0.25) is 0 Å². The topological polar surface area (TPSA) is 55.1 Å². The molecule has 0 N–H and O–H groups in total. The van der Waals surface area contributed by atoms with Crippen molar-refractivity contribution in [1.82, 2.24) is 4.98 Å². The Morgan fingerprint density at radius 3 is 2.61 bits per heavy atom. The van der Waals surface area contributed by atoms with E-state index in [0.29, 0.717) is 28.7 Å². The summed E-state index contributed by atoms with van der Waals surface area (Å²) >= 11 is 8.52. The Labute approximate surface area is 201 Å². The van der Waals surface area contributed by atoms with Crippen molar-refractivity contribution in [3.63, 3.8) is 0 Å². The van der Waals surface area contributed by atoms with Gasteiger partial charge in [0.05, 0.1) is 27.4 Å². The van der Waals surface area contributed by atoms with Crippen LogP contribution >= 0.6 is 43.2 Å². The van der Waals surface area contributed by atoms with Crippen LogP contribution in [0, 0.1) is 11.3 Å². The van der Waals surface area contributed by atoms with Crippen molar-refractivity contribution < 1.29 is 9.47 Å². The van der Waals surface area contributed by atoms with Crippen LogP contribution in [0.2, 0.25) is 0 Å². The molecule has 0 fully saturated rings. The van der Waals surface area contributed by atoms with Crippen molar-refractivity contribution in [3.05, 3.63) is 85.7 Å². The number of benzene rings is 3. The lowest BCUT2D eigenvalue weighted by molar-refractivity contribution is 0.282. The highest BCUT2D eigenvalue weighted by Crippen LogP contribution is 2.38. The van der Waals surface area contributed by atoms with Crippen LogP contribution in [0.25, 0.3) is 21.9 Å². The van der Waals surface area contributed by atoms with Gasteiger partial charge in [-0.15, -0.1) is 11.3 Å². The minimum atomic E-state index is 0.409. The first-order valence-electron chi connectivity index (χ1n) is 9.30. The summed E-state index contributed by atoms with van der Waals surface area (Å²) in [6, 6.07) is 21.8. The van der Waals surface area contributed by atoms with Gasteiger partial charge in [-0.1, -0.05) is 40.2 Å². The maximum absolute atomic E-state index is 9.72. The zero-order valence-corrected chi connectivity index (χ0v) is 20.4. The number of rotatable bonds is 6. The van der Waals surface area contributed by atoms with E-state index in [1.165, 1.54) is 11.3 Å². The first-order valence-corrected chi connectivity index (χ1v) is 11.7. The predicted octanol–water partition coefficient (Wildman–Crippen LogP) is 7.47. The maximum atomic E-state index is 9.72. The number of fused-ring (bicyclic) bond motifs is 1. The first-order chi connectivity index (χ1) is 15.1. The summed E-state index contributed by atoms with van der Waals surface area (Å²) < 4.78 is 14.4. The molecule has 4 aromatic rings. The number of aromatic nitrogens is 1. The molecular formula is C24H16Br2N2O2S. The smallest absolute Gasteiger partial charge is 0.175 e. The summed E-state index contributed by atoms with van der Waals surface area (Å²) in [5, 5.41) is 10.4. The van der Waals surface area contributed by atoms with Gasteiger partial charge in [-0.05, 0) is 69.5 Å². The maximum Gasteiger partial charge on any atom is 0.175 e. The molecule has 31 heavy (non-hydrogen) atoms. The molecule has 1 aromatic heterocycles. The second kappa shape index (κ2) is 9.65. The van der Waals surface area contributed by atoms with E-state index < -0.39 is 0 Å². The summed E-state index contributed by atoms with van der Waals surface area (Å²) in [4.78, 5) is 4.59. The van der Waals surface area contributed by atoms with E-state index in [0.717, 1.165) is 30.3 Å². The Bertz CT molecular complexity index is 1270. The van der Waals surface area contributed by atoms with Crippen LogP contribution in [-0.2, 0) is 6.61 Å². The van der Waals surface area contributed by atoms with E-state index in [2.05, 4.69) is 42.9 Å². The van der Waals surface area contributed by atoms with E-state index in [1.54, 1.807) is 7.11 Å². The Balaban J connectivity index is 1.63. The fraction of sp³-hybridized carbons (Fsp3) is 0.0833. The molecule has 0 saturated carbocycles. The van der Waals surface area contributed by atoms with Gasteiger partial charge >= 0.3 is 0 Å². The van der Waals surface area contributed by atoms with E-state index in [-0.39, 0.29) is 0 Å². The van der Waals surface area contributed by atoms with Gasteiger partial charge in [-0.3, -0.25) is 0 Å². The quantitative estimate of drug-likeness (QED) is 0.231. The lowest BCUT2D eigenvalue weighted by atomic mass is 10.1. The van der Waals surface area contributed by atoms with Crippen LogP contribution in [0.5, 0.6) is 11.5 Å². The number of thiazole rings is 1. The third-order valence-corrected chi connectivity index (χ3v) is 6.69. The Morgan fingerprint density at radius 1 is 1.13 bits per heavy atom. The first kappa shape index (κ1) is 21.6. The molecule has 4 nitrogen and oxygen atoms in total. The van der Waals surface area contributed by atoms with Gasteiger partial charge in [0.25, 0.3) is 0 Å². The number of allylic oxidation sites excluding steroid dienone is 1. The molecule has 0 saturated heterocycles. The van der Waals surface area contributed by atoms with Crippen LogP contribution in [0.15, 0.2) is 69.6 Å². The van der Waals surface area contributed by atoms with Crippen LogP contribution in [0.1, 0.15) is 16.1 Å². The number of hydrogen-bond acceptors (Lipinski definition) is 5. The van der Waals surface area contributed by atoms with Crippen molar-refractivity contribution in [2.45, 2.75) is 6.61 Å². The van der Waals surface area contributed by atoms with Crippen molar-refractivity contribution in [1.29, 1.82) is 5.26 Å². The molecule has 4 rings (SSSR count). The summed E-state index contributed by atoms with van der Waals surface area (Å²) in [5.74, 6) is 1.19. The molecule has 0 radical (unpaired) electrons. The molecule has 0 unspecified atom stereocenters. The van der Waals surface area contributed by atoms with E-state index in [9.17, 15) is 5.26 Å². The monoisotopic (exact) mass is 554 g/mol. The van der Waals surface area contributed by atoms with Crippen LogP contribution < -0.4 is 9.47 Å². The average Bonchev–Trinajstić information content (AvgIpc) is 3.21. The zero-order valence-electron chi connectivity index (χ0n) is 16.4. The number of halogens is 2. The standard InChI is InChI=1S/C24H16Br2N2O2S/c1-29-21-12-16(10-17(13-27)24-28-20-4-2-3-5-22(20)31-24)11-19(26)23(21)30-14-15-6-8-18(25)9-7-15/h2-12H,14H2,1H3. The number of nitrogens with zero attached hydrogens (tertiary/aromatic N) is 2. The molecule has 0 aliphatic heterocycles. The van der Waals surface area contributed by atoms with Gasteiger partial charge < -0.3 is 9.47 Å². The number of nitriles is 1. The predicted molar refractivity (Wildman–Crippen MR) is 132 cm³/mol. The molecule has 0 aliphatic carbocycles. The van der Waals surface area contributed by atoms with E-state index in [1.807, 2.05) is 66.7 Å². The normalized spacial score (nSPS) is 11.4. The summed E-state index contributed by atoms with van der Waals surface area (Å²) in [5.41, 5.74) is 3.25. The molecule has 0 spiro atoms. The molecule has 0 bridgehead atoms. The molecule has 1 heterocycles. The largest absolute Gasteiger partial charge is 0.493 e. The Morgan fingerprint density at radius 2 is 1.90 bits per heavy atom. The molecule has 7 heteroatoms. The molecule has 0 amide bonds. The van der Waals surface area contributed by atoms with Crippen molar-refractivity contribution in [2.24, 2.45) is 0 Å². The fourth-order valence-corrected chi connectivity index (χ4v) is 4.77. The molecule has 3 aromatic carbocycles. The van der Waals surface area contributed by atoms with Gasteiger partial charge in [-0.2, -0.15) is 5.26 Å². The highest BCUT2D eigenvalue weighted by molar-refractivity contribution is 9.10. The van der Waals surface area contributed by atoms with Crippen LogP contribution in [-0.4, -0.2) is 12.1 Å². The minimum Gasteiger partial charge on any atom is -0.493 e. The Hall–Kier alpha value is -2.66. The molecule has 154 valence electrons. The fourth-order valence-electron chi connectivity index (χ4n) is 3.00. The van der Waals surface area contributed by atoms with E-state index >= 15 is 0 Å². The molecular weight excluding hydrogens is 540 g/mol. The van der Waals surface area contributed by atoms with Crippen molar-refractivity contribution in [2.75, 3.05) is 7.11 Å². The van der Waals surface area contributed by atoms with E-state index in [4.69, 9.17) is 9.47 Å². The summed E-state index contributed by atoms with van der Waals surface area (Å²) in [6.07, 6.45) is 1.81. The molecule has 0 atom stereocenters. The lowest BCUT2D eigenvalue weighted by Gasteiger charge is -2.14. The van der Waals surface area contributed by atoms with Gasteiger partial charge in [0.15, 0.2) is 11.5 Å². The summed E-state index contributed by atoms with van der Waals surface area (Å²) in [6.45, 7) is 0.409. The number of ether oxygens (including phenoxy) is 2. The summed E-state index contributed by atoms with van der Waals surface area (Å²) in [7, 11) is 1.60. The Kier molecular flexibility index (Phi) is 6.71. The van der Waals surface area contributed by atoms with Crippen molar-refractivity contribution in [3.8, 4) is 17.6 Å². The second-order valence-electron chi connectivity index (χ2n) is 6.61. The minimum absolute atomic E-state index is 0.409. The third kappa shape index (κ3) is 4.99. The van der Waals surface area contributed by atoms with Crippen LogP contribution in [0.4, 0.5) is 0 Å². The number of hydrogen-bond donors (Lipinski definition) is 0. The van der Waals surface area contributed by atoms with Crippen LogP contribution in [0.3, 0.4) is 0 Å². The SMILES string of the molecule is COc1cc(C=C(C#N)c2nc3ccccc3s2)cc(Br)c1OCc1ccc(Br)cc1. The van der Waals surface area contributed by atoms with Crippen molar-refractivity contribution >= 4 is 65.1 Å². The lowest BCUT2D eigenvalue weighted by Crippen LogP contribution is -1.99.